The van der Waals surface area contributed by atoms with E-state index in [-0.39, 0.29) is 0 Å². The maximum absolute atomic E-state index is 11.6. The van der Waals surface area contributed by atoms with Crippen LogP contribution in [0.25, 0.3) is 11.3 Å². The number of hydrogen-bond acceptors (Lipinski definition) is 6. The molecule has 0 aliphatic heterocycles. The molecule has 0 aliphatic rings. The quantitative estimate of drug-likeness (QED) is 0.334. The molecule has 0 fully saturated rings. The summed E-state index contributed by atoms with van der Waals surface area (Å²) in [4.78, 5) is 20.6. The summed E-state index contributed by atoms with van der Waals surface area (Å²) in [6, 6.07) is 23.8. The highest BCUT2D eigenvalue weighted by molar-refractivity contribution is 5.81. The minimum atomic E-state index is -1.02. The first-order chi connectivity index (χ1) is 16.8. The Morgan fingerprint density at radius 2 is 1.86 bits per heavy atom. The van der Waals surface area contributed by atoms with Crippen LogP contribution in [0.15, 0.2) is 79.0 Å². The molecule has 2 heterocycles. The molecule has 0 spiro atoms. The lowest BCUT2D eigenvalue weighted by atomic mass is 9.84. The first-order valence-corrected chi connectivity index (χ1v) is 11.0. The maximum atomic E-state index is 11.6. The van der Waals surface area contributed by atoms with Crippen molar-refractivity contribution in [3.8, 4) is 28.8 Å². The second-order valence-corrected chi connectivity index (χ2v) is 8.61. The van der Waals surface area contributed by atoms with Crippen molar-refractivity contribution in [1.29, 1.82) is 5.26 Å². The Morgan fingerprint density at radius 1 is 1.06 bits per heavy atom. The minimum Gasteiger partial charge on any atom is -0.481 e. The van der Waals surface area contributed by atoms with Gasteiger partial charge in [-0.2, -0.15) is 5.26 Å². The third-order valence-electron chi connectivity index (χ3n) is 5.61. The van der Waals surface area contributed by atoms with Crippen molar-refractivity contribution >= 4 is 17.5 Å². The van der Waals surface area contributed by atoms with E-state index in [0.29, 0.717) is 39.8 Å². The lowest BCUT2D eigenvalue weighted by molar-refractivity contribution is -0.142. The fraction of sp³-hybridized carbons (Fsp3) is 0.143. The average molecular weight is 465 g/mol. The molecule has 0 bridgehead atoms. The molecule has 2 aromatic carbocycles. The van der Waals surface area contributed by atoms with Gasteiger partial charge in [0.1, 0.15) is 17.3 Å². The van der Waals surface area contributed by atoms with E-state index in [1.165, 1.54) is 0 Å². The number of benzene rings is 2. The molecule has 0 saturated heterocycles. The van der Waals surface area contributed by atoms with E-state index < -0.39 is 11.4 Å². The van der Waals surface area contributed by atoms with Gasteiger partial charge in [-0.1, -0.05) is 24.3 Å². The van der Waals surface area contributed by atoms with E-state index in [1.807, 2.05) is 43.3 Å². The molecule has 0 aliphatic carbocycles. The largest absolute Gasteiger partial charge is 0.481 e. The van der Waals surface area contributed by atoms with Gasteiger partial charge in [-0.25, -0.2) is 9.97 Å². The van der Waals surface area contributed by atoms with Gasteiger partial charge in [0.25, 0.3) is 0 Å². The molecule has 0 amide bonds. The van der Waals surface area contributed by atoms with E-state index >= 15 is 0 Å². The highest BCUT2D eigenvalue weighted by Crippen LogP contribution is 2.33. The Morgan fingerprint density at radius 3 is 2.63 bits per heavy atom. The van der Waals surface area contributed by atoms with Crippen LogP contribution in [0, 0.1) is 18.3 Å². The van der Waals surface area contributed by atoms with Gasteiger partial charge in [0, 0.05) is 29.2 Å². The Labute approximate surface area is 203 Å². The van der Waals surface area contributed by atoms with Crippen molar-refractivity contribution in [2.45, 2.75) is 26.2 Å². The second-order valence-electron chi connectivity index (χ2n) is 8.61. The van der Waals surface area contributed by atoms with Gasteiger partial charge in [-0.15, -0.1) is 0 Å². The summed E-state index contributed by atoms with van der Waals surface area (Å²) in [5.41, 5.74) is 3.17. The van der Waals surface area contributed by atoms with E-state index in [9.17, 15) is 15.2 Å². The Hall–Kier alpha value is -4.70. The number of aryl methyl sites for hydroxylation is 1. The number of hydrogen-bond donors (Lipinski definition) is 2. The molecular weight excluding hydrogens is 440 g/mol. The first-order valence-electron chi connectivity index (χ1n) is 11.0. The molecule has 0 saturated carbocycles. The summed E-state index contributed by atoms with van der Waals surface area (Å²) >= 11 is 0. The third kappa shape index (κ3) is 5.28. The summed E-state index contributed by atoms with van der Waals surface area (Å²) in [5.74, 6) is 0.743. The van der Waals surface area contributed by atoms with Crippen LogP contribution >= 0.6 is 0 Å². The molecule has 0 atom stereocenters. The molecule has 4 aromatic rings. The van der Waals surface area contributed by atoms with Crippen molar-refractivity contribution in [3.63, 3.8) is 0 Å². The van der Waals surface area contributed by atoms with Crippen LogP contribution in [-0.4, -0.2) is 21.0 Å². The SMILES string of the molecule is Cc1ccc(Oc2ccnc(Nc3cccc(C(C)(C)C(=O)O)c3)c2)c(-c2cccc(C#N)c2)n1. The summed E-state index contributed by atoms with van der Waals surface area (Å²) in [6.45, 7) is 5.23. The van der Waals surface area contributed by atoms with Crippen LogP contribution in [0.2, 0.25) is 0 Å². The predicted octanol–water partition coefficient (Wildman–Crippen LogP) is 6.22. The Kier molecular flexibility index (Phi) is 6.47. The number of aliphatic carboxylic acids is 1. The molecule has 7 heteroatoms. The van der Waals surface area contributed by atoms with Gasteiger partial charge in [0.05, 0.1) is 17.0 Å². The van der Waals surface area contributed by atoms with Gasteiger partial charge < -0.3 is 15.2 Å². The number of nitriles is 1. The zero-order chi connectivity index (χ0) is 25.0. The number of anilines is 2. The number of carboxylic acid groups (broad SMARTS) is 1. The van der Waals surface area contributed by atoms with Crippen LogP contribution in [0.1, 0.15) is 30.7 Å². The van der Waals surface area contributed by atoms with Crippen LogP contribution in [0.5, 0.6) is 11.5 Å². The Balaban J connectivity index is 1.61. The summed E-state index contributed by atoms with van der Waals surface area (Å²) in [6.07, 6.45) is 1.63. The lowest BCUT2D eigenvalue weighted by Gasteiger charge is -2.20. The molecule has 174 valence electrons. The summed E-state index contributed by atoms with van der Waals surface area (Å²) in [7, 11) is 0. The average Bonchev–Trinajstić information content (AvgIpc) is 2.85. The molecule has 0 unspecified atom stereocenters. The zero-order valence-corrected chi connectivity index (χ0v) is 19.6. The second kappa shape index (κ2) is 9.65. The van der Waals surface area contributed by atoms with Gasteiger partial charge in [-0.05, 0) is 68.8 Å². The summed E-state index contributed by atoms with van der Waals surface area (Å²) < 4.78 is 6.18. The number of ether oxygens (including phenoxy) is 1. The molecule has 2 N–H and O–H groups in total. The topological polar surface area (TPSA) is 108 Å². The number of nitrogens with one attached hydrogen (secondary N) is 1. The van der Waals surface area contributed by atoms with Crippen LogP contribution in [0.4, 0.5) is 11.5 Å². The highest BCUT2D eigenvalue weighted by atomic mass is 16.5. The van der Waals surface area contributed by atoms with E-state index in [0.717, 1.165) is 11.3 Å². The number of rotatable bonds is 7. The molecule has 4 rings (SSSR count). The zero-order valence-electron chi connectivity index (χ0n) is 19.6. The molecule has 35 heavy (non-hydrogen) atoms. The fourth-order valence-corrected chi connectivity index (χ4v) is 3.50. The smallest absolute Gasteiger partial charge is 0.313 e. The monoisotopic (exact) mass is 464 g/mol. The predicted molar refractivity (Wildman–Crippen MR) is 134 cm³/mol. The third-order valence-corrected chi connectivity index (χ3v) is 5.61. The van der Waals surface area contributed by atoms with Crippen molar-refractivity contribution < 1.29 is 14.6 Å². The molecule has 7 nitrogen and oxygen atoms in total. The van der Waals surface area contributed by atoms with Crippen LogP contribution < -0.4 is 10.1 Å². The molecular formula is C28H24N4O3. The van der Waals surface area contributed by atoms with Gasteiger partial charge in [0.15, 0.2) is 5.75 Å². The van der Waals surface area contributed by atoms with Crippen LogP contribution in [-0.2, 0) is 10.2 Å². The maximum Gasteiger partial charge on any atom is 0.313 e. The van der Waals surface area contributed by atoms with Crippen LogP contribution in [0.3, 0.4) is 0 Å². The summed E-state index contributed by atoms with van der Waals surface area (Å²) in [5, 5.41) is 22.0. The number of pyridine rings is 2. The van der Waals surface area contributed by atoms with Crippen molar-refractivity contribution in [2.24, 2.45) is 0 Å². The standard InChI is InChI=1S/C28H24N4O3/c1-18-10-11-24(26(31-18)20-7-4-6-19(14-20)17-29)35-23-12-13-30-25(16-23)32-22-9-5-8-21(15-22)28(2,3)27(33)34/h4-16H,1-3H3,(H,30,32)(H,33,34). The number of nitrogens with zero attached hydrogens (tertiary/aromatic N) is 3. The number of aromatic nitrogens is 2. The fourth-order valence-electron chi connectivity index (χ4n) is 3.50. The van der Waals surface area contributed by atoms with E-state index in [1.54, 1.807) is 56.4 Å². The van der Waals surface area contributed by atoms with Crippen molar-refractivity contribution in [2.75, 3.05) is 5.32 Å². The molecule has 0 radical (unpaired) electrons. The van der Waals surface area contributed by atoms with Gasteiger partial charge in [0.2, 0.25) is 0 Å². The molecule has 2 aromatic heterocycles. The number of carbonyl (C=O) groups is 1. The minimum absolute atomic E-state index is 0.542. The van der Waals surface area contributed by atoms with Crippen molar-refractivity contribution in [1.82, 2.24) is 9.97 Å². The first kappa shape index (κ1) is 23.5. The highest BCUT2D eigenvalue weighted by Gasteiger charge is 2.29. The normalized spacial score (nSPS) is 10.9. The van der Waals surface area contributed by atoms with Gasteiger partial charge >= 0.3 is 5.97 Å². The Bertz CT molecular complexity index is 1440. The van der Waals surface area contributed by atoms with E-state index in [4.69, 9.17) is 4.74 Å². The van der Waals surface area contributed by atoms with Crippen molar-refractivity contribution in [3.05, 3.63) is 95.8 Å². The van der Waals surface area contributed by atoms with Gasteiger partial charge in [-0.3, -0.25) is 4.79 Å². The lowest BCUT2D eigenvalue weighted by Crippen LogP contribution is -2.28. The number of carboxylic acids is 1. The van der Waals surface area contributed by atoms with E-state index in [2.05, 4.69) is 21.4 Å².